The average Bonchev–Trinajstić information content (AvgIpc) is 2.80. The molecule has 2 aliphatic rings. The molecule has 1 fully saturated rings. The Morgan fingerprint density at radius 2 is 2.10 bits per heavy atom. The molecule has 30 heavy (non-hydrogen) atoms. The van der Waals surface area contributed by atoms with Crippen molar-refractivity contribution < 1.29 is 4.74 Å². The average molecular weight is 423 g/mol. The third-order valence-electron chi connectivity index (χ3n) is 6.46. The number of hydrogen-bond donors (Lipinski definition) is 1. The number of pyridine rings is 1. The number of alkyl halides is 1. The Balaban J connectivity index is 1.53. The number of benzene rings is 1. The second-order valence-electron chi connectivity index (χ2n) is 8.31. The molecule has 1 N–H and O–H groups in total. The summed E-state index contributed by atoms with van der Waals surface area (Å²) in [5.41, 5.74) is 5.22. The van der Waals surface area contributed by atoms with Crippen LogP contribution in [-0.4, -0.2) is 37.2 Å². The maximum atomic E-state index is 7.00. The van der Waals surface area contributed by atoms with Crippen molar-refractivity contribution in [3.05, 3.63) is 83.7 Å². The normalized spacial score (nSPS) is 26.4. The molecule has 0 amide bonds. The summed E-state index contributed by atoms with van der Waals surface area (Å²) in [6, 6.07) is 12.9. The molecule has 3 nitrogen and oxygen atoms in total. The van der Waals surface area contributed by atoms with Crippen LogP contribution >= 0.6 is 11.6 Å². The lowest BCUT2D eigenvalue weighted by Gasteiger charge is -2.39. The fraction of sp³-hybridized carbons (Fsp3) is 0.423. The number of piperidine rings is 1. The Hall–Kier alpha value is -1.94. The minimum absolute atomic E-state index is 0.0129. The van der Waals surface area contributed by atoms with Crippen molar-refractivity contribution in [2.75, 3.05) is 26.8 Å². The summed E-state index contributed by atoms with van der Waals surface area (Å²) in [4.78, 5) is 4.36. The lowest BCUT2D eigenvalue weighted by molar-refractivity contribution is 0.195. The smallest absolute Gasteiger partial charge is 0.0591 e. The van der Waals surface area contributed by atoms with Gasteiger partial charge in [-0.25, -0.2) is 0 Å². The van der Waals surface area contributed by atoms with Gasteiger partial charge in [0, 0.05) is 32.0 Å². The van der Waals surface area contributed by atoms with Gasteiger partial charge < -0.3 is 10.1 Å². The zero-order chi connectivity index (χ0) is 20.8. The highest BCUT2D eigenvalue weighted by molar-refractivity contribution is 6.23. The molecule has 1 aliphatic carbocycles. The van der Waals surface area contributed by atoms with Gasteiger partial charge in [0.25, 0.3) is 0 Å². The number of aromatic nitrogens is 1. The van der Waals surface area contributed by atoms with Gasteiger partial charge in [-0.05, 0) is 72.5 Å². The summed E-state index contributed by atoms with van der Waals surface area (Å²) in [5.74, 6) is 1.28. The summed E-state index contributed by atoms with van der Waals surface area (Å²) in [7, 11) is 1.76. The van der Waals surface area contributed by atoms with Crippen molar-refractivity contribution in [2.24, 2.45) is 11.8 Å². The number of allylic oxidation sites excluding steroid dienone is 4. The van der Waals surface area contributed by atoms with Gasteiger partial charge >= 0.3 is 0 Å². The predicted molar refractivity (Wildman–Crippen MR) is 125 cm³/mol. The Morgan fingerprint density at radius 1 is 1.20 bits per heavy atom. The van der Waals surface area contributed by atoms with E-state index >= 15 is 0 Å². The zero-order valence-corrected chi connectivity index (χ0v) is 18.4. The van der Waals surface area contributed by atoms with Gasteiger partial charge in [-0.3, -0.25) is 4.98 Å². The van der Waals surface area contributed by atoms with E-state index in [1.165, 1.54) is 22.3 Å². The first kappa shape index (κ1) is 21.3. The highest BCUT2D eigenvalue weighted by Crippen LogP contribution is 2.41. The van der Waals surface area contributed by atoms with Crippen LogP contribution in [-0.2, 0) is 11.2 Å². The van der Waals surface area contributed by atoms with Crippen LogP contribution in [0.4, 0.5) is 0 Å². The molecule has 0 radical (unpaired) electrons. The van der Waals surface area contributed by atoms with Crippen LogP contribution in [0.1, 0.15) is 35.4 Å². The zero-order valence-electron chi connectivity index (χ0n) is 17.6. The Morgan fingerprint density at radius 3 is 2.90 bits per heavy atom. The van der Waals surface area contributed by atoms with Gasteiger partial charge in [0.2, 0.25) is 0 Å². The van der Waals surface area contributed by atoms with E-state index in [1.54, 1.807) is 7.11 Å². The fourth-order valence-electron chi connectivity index (χ4n) is 4.94. The number of nitrogens with zero attached hydrogens (tertiary/aromatic N) is 1. The van der Waals surface area contributed by atoms with Crippen LogP contribution in [0.15, 0.2) is 67.0 Å². The van der Waals surface area contributed by atoms with E-state index in [9.17, 15) is 0 Å². The molecule has 2 heterocycles. The molecular formula is C26H31ClN2O. The molecule has 158 valence electrons. The van der Waals surface area contributed by atoms with E-state index < -0.39 is 0 Å². The Bertz CT molecular complexity index is 880. The fourth-order valence-corrected chi connectivity index (χ4v) is 5.35. The number of nitrogens with one attached hydrogen (secondary N) is 1. The number of rotatable bonds is 7. The predicted octanol–water partition coefficient (Wildman–Crippen LogP) is 5.23. The van der Waals surface area contributed by atoms with E-state index in [1.807, 2.05) is 18.5 Å². The standard InChI is InChI=1S/C26H31ClN2O/c1-30-15-5-8-19-6-2-3-9-22(19)20-10-11-24(26(27)16-20)25-18-29-14-12-23(25)21-7-4-13-28-17-21/h2-4,6-7,9-11,13,16-17,23-26,29H,5,8,12,14-15,18H2,1H3. The molecule has 1 aromatic carbocycles. The number of hydrogen-bond acceptors (Lipinski definition) is 3. The Kier molecular flexibility index (Phi) is 7.37. The van der Waals surface area contributed by atoms with E-state index in [0.717, 1.165) is 39.0 Å². The summed E-state index contributed by atoms with van der Waals surface area (Å²) in [5, 5.41) is 3.57. The molecule has 0 bridgehead atoms. The highest BCUT2D eigenvalue weighted by atomic mass is 35.5. The molecule has 1 aromatic heterocycles. The minimum atomic E-state index is -0.0129. The second-order valence-corrected chi connectivity index (χ2v) is 8.81. The van der Waals surface area contributed by atoms with Crippen LogP contribution in [0.25, 0.3) is 5.57 Å². The van der Waals surface area contributed by atoms with Crippen molar-refractivity contribution in [1.82, 2.24) is 10.3 Å². The summed E-state index contributed by atoms with van der Waals surface area (Å²) in [6.45, 7) is 2.83. The van der Waals surface area contributed by atoms with Crippen LogP contribution in [0.3, 0.4) is 0 Å². The minimum Gasteiger partial charge on any atom is -0.385 e. The van der Waals surface area contributed by atoms with Gasteiger partial charge in [-0.2, -0.15) is 0 Å². The van der Waals surface area contributed by atoms with E-state index in [0.29, 0.717) is 17.8 Å². The van der Waals surface area contributed by atoms with Crippen LogP contribution in [0.2, 0.25) is 0 Å². The summed E-state index contributed by atoms with van der Waals surface area (Å²) >= 11 is 7.00. The molecule has 2 aromatic rings. The first-order valence-electron chi connectivity index (χ1n) is 11.0. The van der Waals surface area contributed by atoms with E-state index in [2.05, 4.69) is 58.9 Å². The number of methoxy groups -OCH3 is 1. The van der Waals surface area contributed by atoms with E-state index in [-0.39, 0.29) is 5.38 Å². The first-order chi connectivity index (χ1) is 14.8. The Labute approximate surface area is 185 Å². The molecule has 4 atom stereocenters. The molecule has 4 rings (SSSR count). The number of halogens is 1. The molecule has 4 unspecified atom stereocenters. The van der Waals surface area contributed by atoms with Gasteiger partial charge in [0.05, 0.1) is 5.38 Å². The van der Waals surface area contributed by atoms with Crippen molar-refractivity contribution in [1.29, 1.82) is 0 Å². The molecule has 0 spiro atoms. The van der Waals surface area contributed by atoms with Crippen LogP contribution in [0, 0.1) is 11.8 Å². The van der Waals surface area contributed by atoms with Crippen LogP contribution in [0.5, 0.6) is 0 Å². The van der Waals surface area contributed by atoms with Gasteiger partial charge in [-0.1, -0.05) is 48.6 Å². The lowest BCUT2D eigenvalue weighted by Crippen LogP contribution is -2.41. The van der Waals surface area contributed by atoms with Gasteiger partial charge in [0.1, 0.15) is 0 Å². The van der Waals surface area contributed by atoms with Gasteiger partial charge in [-0.15, -0.1) is 11.6 Å². The maximum Gasteiger partial charge on any atom is 0.0591 e. The maximum absolute atomic E-state index is 7.00. The molecular weight excluding hydrogens is 392 g/mol. The summed E-state index contributed by atoms with van der Waals surface area (Å²) < 4.78 is 5.23. The molecule has 1 aliphatic heterocycles. The third-order valence-corrected chi connectivity index (χ3v) is 6.88. The third kappa shape index (κ3) is 4.85. The quantitative estimate of drug-likeness (QED) is 0.490. The van der Waals surface area contributed by atoms with Crippen LogP contribution < -0.4 is 5.32 Å². The SMILES string of the molecule is COCCCc1ccccc1C1=CC(Cl)C(C2CNCCC2c2cccnc2)C=C1. The topological polar surface area (TPSA) is 34.1 Å². The molecule has 4 heteroatoms. The highest BCUT2D eigenvalue weighted by Gasteiger charge is 2.36. The lowest BCUT2D eigenvalue weighted by atomic mass is 9.71. The van der Waals surface area contributed by atoms with Crippen molar-refractivity contribution in [2.45, 2.75) is 30.6 Å². The molecule has 0 saturated carbocycles. The van der Waals surface area contributed by atoms with Crippen molar-refractivity contribution >= 4 is 17.2 Å². The number of ether oxygens (including phenoxy) is 1. The van der Waals surface area contributed by atoms with Gasteiger partial charge in [0.15, 0.2) is 0 Å². The van der Waals surface area contributed by atoms with E-state index in [4.69, 9.17) is 16.3 Å². The monoisotopic (exact) mass is 422 g/mol. The number of aryl methyl sites for hydroxylation is 1. The molecule has 1 saturated heterocycles. The largest absolute Gasteiger partial charge is 0.385 e. The van der Waals surface area contributed by atoms with Crippen molar-refractivity contribution in [3.63, 3.8) is 0 Å². The van der Waals surface area contributed by atoms with Crippen molar-refractivity contribution in [3.8, 4) is 0 Å². The second kappa shape index (κ2) is 10.4. The first-order valence-corrected chi connectivity index (χ1v) is 11.4. The summed E-state index contributed by atoms with van der Waals surface area (Å²) in [6.07, 6.45) is 13.9.